The normalized spacial score (nSPS) is 15.7. The summed E-state index contributed by atoms with van der Waals surface area (Å²) in [5, 5.41) is 3.24. The second-order valence-corrected chi connectivity index (χ2v) is 5.25. The van der Waals surface area contributed by atoms with Gasteiger partial charge in [-0.1, -0.05) is 0 Å². The molecule has 110 valence electrons. The Hall–Kier alpha value is -1.82. The molecule has 1 fully saturated rings. The van der Waals surface area contributed by atoms with Crippen molar-refractivity contribution in [1.29, 1.82) is 0 Å². The van der Waals surface area contributed by atoms with Crippen LogP contribution in [-0.2, 0) is 9.47 Å². The van der Waals surface area contributed by atoms with Gasteiger partial charge in [-0.05, 0) is 30.7 Å². The molecule has 0 aromatic carbocycles. The van der Waals surface area contributed by atoms with E-state index in [1.165, 1.54) is 26.1 Å². The molecule has 0 radical (unpaired) electrons. The van der Waals surface area contributed by atoms with Crippen LogP contribution in [0.2, 0.25) is 0 Å². The number of nitrogen functional groups attached to an aromatic ring is 1. The number of carbonyl (C=O) groups excluding carboxylic acids is 1. The molecule has 0 saturated heterocycles. The summed E-state index contributed by atoms with van der Waals surface area (Å²) < 4.78 is 9.88. The van der Waals surface area contributed by atoms with Crippen LogP contribution in [0.5, 0.6) is 0 Å². The lowest BCUT2D eigenvalue weighted by atomic mass is 10.0. The number of esters is 1. The predicted molar refractivity (Wildman–Crippen MR) is 76.6 cm³/mol. The van der Waals surface area contributed by atoms with Crippen LogP contribution in [0.1, 0.15) is 29.6 Å². The Bertz CT molecular complexity index is 487. The lowest BCUT2D eigenvalue weighted by molar-refractivity contribution is 0.0601. The van der Waals surface area contributed by atoms with Gasteiger partial charge in [-0.25, -0.2) is 9.78 Å². The van der Waals surface area contributed by atoms with Crippen LogP contribution in [-0.4, -0.2) is 38.3 Å². The molecule has 1 aromatic rings. The Labute approximate surface area is 118 Å². The summed E-state index contributed by atoms with van der Waals surface area (Å²) in [6.07, 6.45) is 4.89. The van der Waals surface area contributed by atoms with Crippen LogP contribution < -0.4 is 11.1 Å². The largest absolute Gasteiger partial charge is 0.465 e. The van der Waals surface area contributed by atoms with Crippen molar-refractivity contribution in [2.75, 3.05) is 38.4 Å². The number of rotatable bonds is 7. The molecule has 1 heterocycles. The maximum Gasteiger partial charge on any atom is 0.341 e. The van der Waals surface area contributed by atoms with E-state index in [1.807, 2.05) is 0 Å². The zero-order valence-corrected chi connectivity index (χ0v) is 11.9. The fourth-order valence-electron chi connectivity index (χ4n) is 2.17. The highest BCUT2D eigenvalue weighted by molar-refractivity contribution is 5.95. The zero-order chi connectivity index (χ0) is 14.6. The van der Waals surface area contributed by atoms with Crippen molar-refractivity contribution in [2.45, 2.75) is 19.3 Å². The molecular weight excluding hydrogens is 258 g/mol. The number of nitrogens with one attached hydrogen (secondary N) is 1. The number of aromatic nitrogens is 1. The molecule has 20 heavy (non-hydrogen) atoms. The number of nitrogens with zero attached hydrogens (tertiary/aromatic N) is 1. The van der Waals surface area contributed by atoms with Gasteiger partial charge >= 0.3 is 5.97 Å². The van der Waals surface area contributed by atoms with Crippen molar-refractivity contribution in [3.8, 4) is 0 Å². The van der Waals surface area contributed by atoms with Gasteiger partial charge in [0.25, 0.3) is 0 Å². The minimum Gasteiger partial charge on any atom is -0.465 e. The minimum atomic E-state index is -0.436. The first-order valence-electron chi connectivity index (χ1n) is 6.67. The van der Waals surface area contributed by atoms with Gasteiger partial charge in [0.05, 0.1) is 19.0 Å². The van der Waals surface area contributed by atoms with Crippen LogP contribution in [0.25, 0.3) is 0 Å². The molecule has 0 aliphatic heterocycles. The number of methoxy groups -OCH3 is 2. The third-order valence-electron chi connectivity index (χ3n) is 3.74. The number of ether oxygens (including phenoxy) is 2. The van der Waals surface area contributed by atoms with Gasteiger partial charge in [0.2, 0.25) is 0 Å². The third kappa shape index (κ3) is 3.39. The van der Waals surface area contributed by atoms with E-state index in [0.717, 1.165) is 19.6 Å². The molecule has 0 unspecified atom stereocenters. The summed E-state index contributed by atoms with van der Waals surface area (Å²) in [5.74, 6) is 0.0868. The lowest BCUT2D eigenvalue weighted by Crippen LogP contribution is -2.20. The van der Waals surface area contributed by atoms with Gasteiger partial charge in [0, 0.05) is 20.3 Å². The standard InChI is InChI=1S/C14H21N3O3/c1-19-6-5-14(3-4-14)9-17-12-11(13(18)20-2)7-10(15)8-16-12/h7-8H,3-6,9,15H2,1-2H3,(H,16,17). The van der Waals surface area contributed by atoms with E-state index in [1.54, 1.807) is 13.2 Å². The second-order valence-electron chi connectivity index (χ2n) is 5.25. The molecule has 0 bridgehead atoms. The van der Waals surface area contributed by atoms with E-state index >= 15 is 0 Å². The zero-order valence-electron chi connectivity index (χ0n) is 11.9. The average Bonchev–Trinajstić information content (AvgIpc) is 3.23. The highest BCUT2D eigenvalue weighted by Gasteiger charge is 2.41. The first kappa shape index (κ1) is 14.6. The van der Waals surface area contributed by atoms with Crippen LogP contribution >= 0.6 is 0 Å². The molecule has 1 aromatic heterocycles. The molecule has 1 aliphatic rings. The van der Waals surface area contributed by atoms with Gasteiger partial charge in [0.1, 0.15) is 11.4 Å². The molecule has 1 aliphatic carbocycles. The summed E-state index contributed by atoms with van der Waals surface area (Å²) in [7, 11) is 3.05. The van der Waals surface area contributed by atoms with Gasteiger partial charge in [-0.15, -0.1) is 0 Å². The summed E-state index contributed by atoms with van der Waals surface area (Å²) in [6.45, 7) is 1.53. The maximum atomic E-state index is 11.7. The number of hydrogen-bond donors (Lipinski definition) is 2. The summed E-state index contributed by atoms with van der Waals surface area (Å²) in [4.78, 5) is 15.9. The number of pyridine rings is 1. The SMILES string of the molecule is COCCC1(CNc2ncc(N)cc2C(=O)OC)CC1. The van der Waals surface area contributed by atoms with Crippen molar-refractivity contribution < 1.29 is 14.3 Å². The van der Waals surface area contributed by atoms with Gasteiger partial charge in [-0.3, -0.25) is 0 Å². The Balaban J connectivity index is 2.04. The summed E-state index contributed by atoms with van der Waals surface area (Å²) in [6, 6.07) is 1.58. The lowest BCUT2D eigenvalue weighted by Gasteiger charge is -2.17. The van der Waals surface area contributed by atoms with Crippen molar-refractivity contribution in [3.05, 3.63) is 17.8 Å². The van der Waals surface area contributed by atoms with Crippen molar-refractivity contribution in [3.63, 3.8) is 0 Å². The smallest absolute Gasteiger partial charge is 0.341 e. The van der Waals surface area contributed by atoms with E-state index in [4.69, 9.17) is 15.2 Å². The quantitative estimate of drug-likeness (QED) is 0.738. The second kappa shape index (κ2) is 6.09. The number of hydrogen-bond acceptors (Lipinski definition) is 6. The molecule has 6 heteroatoms. The minimum absolute atomic E-state index is 0.270. The van der Waals surface area contributed by atoms with Crippen LogP contribution in [0.15, 0.2) is 12.3 Å². The Morgan fingerprint density at radius 3 is 2.85 bits per heavy atom. The third-order valence-corrected chi connectivity index (χ3v) is 3.74. The van der Waals surface area contributed by atoms with Gasteiger partial charge in [-0.2, -0.15) is 0 Å². The van der Waals surface area contributed by atoms with Crippen molar-refractivity contribution >= 4 is 17.5 Å². The van der Waals surface area contributed by atoms with E-state index in [9.17, 15) is 4.79 Å². The molecule has 3 N–H and O–H groups in total. The molecule has 0 atom stereocenters. The van der Waals surface area contributed by atoms with E-state index < -0.39 is 5.97 Å². The molecule has 0 spiro atoms. The maximum absolute atomic E-state index is 11.7. The van der Waals surface area contributed by atoms with Crippen LogP contribution in [0, 0.1) is 5.41 Å². The first-order valence-corrected chi connectivity index (χ1v) is 6.67. The molecular formula is C14H21N3O3. The highest BCUT2D eigenvalue weighted by atomic mass is 16.5. The van der Waals surface area contributed by atoms with E-state index in [-0.39, 0.29) is 5.41 Å². The number of anilines is 2. The fraction of sp³-hybridized carbons (Fsp3) is 0.571. The average molecular weight is 279 g/mol. The Kier molecular flexibility index (Phi) is 4.44. The molecule has 1 saturated carbocycles. The molecule has 6 nitrogen and oxygen atoms in total. The van der Waals surface area contributed by atoms with Gasteiger partial charge < -0.3 is 20.5 Å². The summed E-state index contributed by atoms with van der Waals surface area (Å²) in [5.41, 5.74) is 6.75. The summed E-state index contributed by atoms with van der Waals surface area (Å²) >= 11 is 0. The van der Waals surface area contributed by atoms with E-state index in [2.05, 4.69) is 10.3 Å². The highest BCUT2D eigenvalue weighted by Crippen LogP contribution is 2.48. The topological polar surface area (TPSA) is 86.5 Å². The number of carbonyl (C=O) groups is 1. The monoisotopic (exact) mass is 279 g/mol. The Morgan fingerprint density at radius 1 is 1.50 bits per heavy atom. The van der Waals surface area contributed by atoms with Crippen LogP contribution in [0.3, 0.4) is 0 Å². The van der Waals surface area contributed by atoms with Gasteiger partial charge in [0.15, 0.2) is 0 Å². The van der Waals surface area contributed by atoms with Crippen LogP contribution in [0.4, 0.5) is 11.5 Å². The Morgan fingerprint density at radius 2 is 2.25 bits per heavy atom. The number of nitrogens with two attached hydrogens (primary N) is 1. The molecule has 2 rings (SSSR count). The molecule has 0 amide bonds. The van der Waals surface area contributed by atoms with E-state index in [0.29, 0.717) is 17.1 Å². The predicted octanol–water partition coefficient (Wildman–Crippen LogP) is 1.68. The van der Waals surface area contributed by atoms with Crippen molar-refractivity contribution in [2.24, 2.45) is 5.41 Å². The fourth-order valence-corrected chi connectivity index (χ4v) is 2.17. The first-order chi connectivity index (χ1) is 9.60. The van der Waals surface area contributed by atoms with Crippen molar-refractivity contribution in [1.82, 2.24) is 4.98 Å².